The summed E-state index contributed by atoms with van der Waals surface area (Å²) in [5.74, 6) is -1.01. The van der Waals surface area contributed by atoms with E-state index in [-0.39, 0.29) is 50.3 Å². The van der Waals surface area contributed by atoms with Crippen LogP contribution in [0.3, 0.4) is 0 Å². The molecule has 1 N–H and O–H groups in total. The van der Waals surface area contributed by atoms with Crippen LogP contribution < -0.4 is 15.6 Å². The first-order chi connectivity index (χ1) is 15.2. The SMILES string of the molecule is O=C(NCC(F)(F)F)C1CCN(C(=O)c2ccc(=O)n(CCOc3ccccc3)n2)CC1. The van der Waals surface area contributed by atoms with Crippen LogP contribution in [0.5, 0.6) is 5.75 Å². The third-order valence-corrected chi connectivity index (χ3v) is 5.02. The molecule has 0 saturated carbocycles. The van der Waals surface area contributed by atoms with Crippen LogP contribution in [0.1, 0.15) is 23.3 Å². The van der Waals surface area contributed by atoms with E-state index < -0.39 is 30.5 Å². The second kappa shape index (κ2) is 10.3. The van der Waals surface area contributed by atoms with Gasteiger partial charge in [-0.05, 0) is 31.0 Å². The van der Waals surface area contributed by atoms with Crippen LogP contribution in [-0.2, 0) is 11.3 Å². The van der Waals surface area contributed by atoms with Gasteiger partial charge < -0.3 is 15.0 Å². The highest BCUT2D eigenvalue weighted by Crippen LogP contribution is 2.20. The Bertz CT molecular complexity index is 987. The molecule has 0 atom stereocenters. The van der Waals surface area contributed by atoms with Crippen LogP contribution in [0.2, 0.25) is 0 Å². The summed E-state index contributed by atoms with van der Waals surface area (Å²) in [7, 11) is 0. The van der Waals surface area contributed by atoms with E-state index in [4.69, 9.17) is 4.74 Å². The van der Waals surface area contributed by atoms with E-state index in [9.17, 15) is 27.6 Å². The quantitative estimate of drug-likeness (QED) is 0.692. The maximum atomic E-state index is 12.8. The molecule has 0 unspecified atom stereocenters. The number of halogens is 3. The van der Waals surface area contributed by atoms with E-state index >= 15 is 0 Å². The number of carbonyl (C=O) groups is 2. The molecule has 2 heterocycles. The second-order valence-electron chi connectivity index (χ2n) is 7.34. The normalized spacial score (nSPS) is 14.8. The van der Waals surface area contributed by atoms with Gasteiger partial charge in [-0.1, -0.05) is 18.2 Å². The highest BCUT2D eigenvalue weighted by Gasteiger charge is 2.32. The Morgan fingerprint density at radius 1 is 1.09 bits per heavy atom. The molecule has 1 aromatic carbocycles. The van der Waals surface area contributed by atoms with Crippen LogP contribution in [0.25, 0.3) is 0 Å². The summed E-state index contributed by atoms with van der Waals surface area (Å²) in [6, 6.07) is 11.6. The Labute approximate surface area is 182 Å². The maximum absolute atomic E-state index is 12.8. The van der Waals surface area contributed by atoms with Crippen molar-refractivity contribution < 1.29 is 27.5 Å². The number of piperidine rings is 1. The van der Waals surface area contributed by atoms with E-state index in [0.717, 1.165) is 4.68 Å². The Hall–Kier alpha value is -3.37. The molecule has 172 valence electrons. The maximum Gasteiger partial charge on any atom is 0.405 e. The number of nitrogens with one attached hydrogen (secondary N) is 1. The van der Waals surface area contributed by atoms with Crippen molar-refractivity contribution in [3.8, 4) is 5.75 Å². The number of likely N-dealkylation sites (tertiary alicyclic amines) is 1. The van der Waals surface area contributed by atoms with Crippen LogP contribution in [0, 0.1) is 5.92 Å². The van der Waals surface area contributed by atoms with Crippen molar-refractivity contribution in [3.63, 3.8) is 0 Å². The van der Waals surface area contributed by atoms with E-state index in [2.05, 4.69) is 5.10 Å². The summed E-state index contributed by atoms with van der Waals surface area (Å²) >= 11 is 0. The summed E-state index contributed by atoms with van der Waals surface area (Å²) in [6.07, 6.45) is -3.97. The predicted octanol–water partition coefficient (Wildman–Crippen LogP) is 1.85. The van der Waals surface area contributed by atoms with Crippen molar-refractivity contribution in [2.24, 2.45) is 5.92 Å². The number of aromatic nitrogens is 2. The lowest BCUT2D eigenvalue weighted by atomic mass is 9.95. The zero-order chi connectivity index (χ0) is 23.1. The lowest BCUT2D eigenvalue weighted by Gasteiger charge is -2.31. The minimum absolute atomic E-state index is 0.0734. The zero-order valence-corrected chi connectivity index (χ0v) is 17.2. The monoisotopic (exact) mass is 452 g/mol. The molecule has 11 heteroatoms. The van der Waals surface area contributed by atoms with Gasteiger partial charge in [0, 0.05) is 25.1 Å². The number of benzene rings is 1. The van der Waals surface area contributed by atoms with Crippen LogP contribution >= 0.6 is 0 Å². The fourth-order valence-corrected chi connectivity index (χ4v) is 3.33. The zero-order valence-electron chi connectivity index (χ0n) is 17.2. The smallest absolute Gasteiger partial charge is 0.405 e. The molecule has 0 bridgehead atoms. The average Bonchev–Trinajstić information content (AvgIpc) is 2.78. The van der Waals surface area contributed by atoms with Crippen molar-refractivity contribution in [2.45, 2.75) is 25.6 Å². The van der Waals surface area contributed by atoms with Gasteiger partial charge in [-0.15, -0.1) is 0 Å². The Morgan fingerprint density at radius 3 is 2.44 bits per heavy atom. The van der Waals surface area contributed by atoms with Gasteiger partial charge in [0.15, 0.2) is 0 Å². The number of carbonyl (C=O) groups excluding carboxylic acids is 2. The predicted molar refractivity (Wildman–Crippen MR) is 108 cm³/mol. The van der Waals surface area contributed by atoms with E-state index in [0.29, 0.717) is 5.75 Å². The average molecular weight is 452 g/mol. The number of amides is 2. The van der Waals surface area contributed by atoms with Crippen molar-refractivity contribution in [3.05, 3.63) is 58.5 Å². The molecule has 32 heavy (non-hydrogen) atoms. The number of hydrogen-bond acceptors (Lipinski definition) is 5. The molecule has 2 aromatic rings. The molecular formula is C21H23F3N4O4. The minimum Gasteiger partial charge on any atom is -0.492 e. The fourth-order valence-electron chi connectivity index (χ4n) is 3.33. The Kier molecular flexibility index (Phi) is 7.49. The summed E-state index contributed by atoms with van der Waals surface area (Å²) in [5, 5.41) is 6.00. The fraction of sp³-hybridized carbons (Fsp3) is 0.429. The van der Waals surface area contributed by atoms with Crippen LogP contribution in [0.4, 0.5) is 13.2 Å². The molecule has 0 spiro atoms. The lowest BCUT2D eigenvalue weighted by Crippen LogP contribution is -2.45. The van der Waals surface area contributed by atoms with E-state index in [1.807, 2.05) is 23.5 Å². The van der Waals surface area contributed by atoms with E-state index in [1.165, 1.54) is 17.0 Å². The van der Waals surface area contributed by atoms with Crippen molar-refractivity contribution >= 4 is 11.8 Å². The van der Waals surface area contributed by atoms with Gasteiger partial charge in [-0.3, -0.25) is 14.4 Å². The molecule has 1 saturated heterocycles. The standard InChI is InChI=1S/C21H23F3N4O4/c22-21(23,24)14-25-19(30)15-8-10-27(11-9-15)20(31)17-6-7-18(29)28(26-17)12-13-32-16-4-2-1-3-5-16/h1-7,15H,8-14H2,(H,25,30). The van der Waals surface area contributed by atoms with E-state index in [1.54, 1.807) is 12.1 Å². The highest BCUT2D eigenvalue weighted by atomic mass is 19.4. The molecule has 1 aliphatic heterocycles. The van der Waals surface area contributed by atoms with Gasteiger partial charge in [-0.2, -0.15) is 18.3 Å². The largest absolute Gasteiger partial charge is 0.492 e. The third kappa shape index (κ3) is 6.56. The molecule has 1 fully saturated rings. The van der Waals surface area contributed by atoms with Gasteiger partial charge >= 0.3 is 6.18 Å². The molecule has 2 amide bonds. The molecule has 3 rings (SSSR count). The topological polar surface area (TPSA) is 93.5 Å². The number of ether oxygens (including phenoxy) is 1. The van der Waals surface area contributed by atoms with Gasteiger partial charge in [-0.25, -0.2) is 4.68 Å². The summed E-state index contributed by atoms with van der Waals surface area (Å²) in [5.41, 5.74) is -0.303. The Morgan fingerprint density at radius 2 is 1.78 bits per heavy atom. The number of nitrogens with zero attached hydrogens (tertiary/aromatic N) is 3. The number of hydrogen-bond donors (Lipinski definition) is 1. The lowest BCUT2D eigenvalue weighted by molar-refractivity contribution is -0.141. The molecule has 1 aromatic heterocycles. The first kappa shape index (κ1) is 23.3. The van der Waals surface area contributed by atoms with Crippen LogP contribution in [-0.4, -0.2) is 58.9 Å². The molecule has 0 radical (unpaired) electrons. The minimum atomic E-state index is -4.47. The molecule has 1 aliphatic rings. The first-order valence-electron chi connectivity index (χ1n) is 10.1. The molecule has 8 nitrogen and oxygen atoms in total. The summed E-state index contributed by atoms with van der Waals surface area (Å²) < 4.78 is 43.5. The Balaban J connectivity index is 1.53. The van der Waals surface area contributed by atoms with Gasteiger partial charge in [0.05, 0.1) is 6.54 Å². The number of rotatable bonds is 7. The summed E-state index contributed by atoms with van der Waals surface area (Å²) in [4.78, 5) is 38.2. The number of alkyl halides is 3. The van der Waals surface area contributed by atoms with Crippen LogP contribution in [0.15, 0.2) is 47.3 Å². The third-order valence-electron chi connectivity index (χ3n) is 5.02. The number of para-hydroxylation sites is 1. The van der Waals surface area contributed by atoms with Crippen molar-refractivity contribution in [2.75, 3.05) is 26.2 Å². The molecule has 0 aliphatic carbocycles. The molecular weight excluding hydrogens is 429 g/mol. The summed E-state index contributed by atoms with van der Waals surface area (Å²) in [6.45, 7) is -0.616. The van der Waals surface area contributed by atoms with Crippen molar-refractivity contribution in [1.29, 1.82) is 0 Å². The highest BCUT2D eigenvalue weighted by molar-refractivity contribution is 5.92. The second-order valence-corrected chi connectivity index (χ2v) is 7.34. The van der Waals surface area contributed by atoms with Crippen molar-refractivity contribution in [1.82, 2.24) is 20.0 Å². The first-order valence-corrected chi connectivity index (χ1v) is 10.1. The van der Waals surface area contributed by atoms with Gasteiger partial charge in [0.2, 0.25) is 5.91 Å². The van der Waals surface area contributed by atoms with Gasteiger partial charge in [0.1, 0.15) is 24.6 Å². The van der Waals surface area contributed by atoms with Gasteiger partial charge in [0.25, 0.3) is 11.5 Å².